The van der Waals surface area contributed by atoms with E-state index in [1.54, 1.807) is 0 Å². The van der Waals surface area contributed by atoms with Crippen LogP contribution in [0.25, 0.3) is 0 Å². The molecule has 0 unspecified atom stereocenters. The fraction of sp³-hybridized carbons (Fsp3) is 1.00. The van der Waals surface area contributed by atoms with Crippen LogP contribution in [0.1, 0.15) is 245 Å². The van der Waals surface area contributed by atoms with Crippen LogP contribution in [-0.2, 0) is 9.05 Å². The number of rotatable bonds is 40. The zero-order chi connectivity index (χ0) is 31.9. The third kappa shape index (κ3) is 40.9. The summed E-state index contributed by atoms with van der Waals surface area (Å²) in [5.74, 6) is 0. The van der Waals surface area contributed by atoms with E-state index in [0.717, 1.165) is 13.2 Å². The highest BCUT2D eigenvalue weighted by atomic mass is 79.9. The lowest BCUT2D eigenvalue weighted by Crippen LogP contribution is -1.93. The van der Waals surface area contributed by atoms with E-state index < -0.39 is 7.08 Å². The monoisotopic (exact) mass is 705 g/mol. The molecule has 44 heavy (non-hydrogen) atoms. The molecule has 4 heteroatoms. The Bertz CT molecular complexity index is 450. The quantitative estimate of drug-likeness (QED) is 0.0467. The van der Waals surface area contributed by atoms with Crippen LogP contribution in [0.15, 0.2) is 0 Å². The van der Waals surface area contributed by atoms with Crippen LogP contribution in [0.4, 0.5) is 0 Å². The fourth-order valence-corrected chi connectivity index (χ4v) is 7.81. The molecule has 0 saturated carbocycles. The van der Waals surface area contributed by atoms with E-state index >= 15 is 0 Å². The van der Waals surface area contributed by atoms with E-state index in [1.165, 1.54) is 231 Å². The highest BCUT2D eigenvalue weighted by Crippen LogP contribution is 2.46. The van der Waals surface area contributed by atoms with Crippen LogP contribution in [0, 0.1) is 0 Å². The van der Waals surface area contributed by atoms with E-state index in [1.807, 2.05) is 0 Å². The van der Waals surface area contributed by atoms with Gasteiger partial charge in [-0.15, -0.1) is 0 Å². The first-order chi connectivity index (χ1) is 21.8. The zero-order valence-corrected chi connectivity index (χ0v) is 33.0. The average molecular weight is 706 g/mol. The van der Waals surface area contributed by atoms with Gasteiger partial charge in [0.1, 0.15) is 0 Å². The van der Waals surface area contributed by atoms with Gasteiger partial charge in [-0.25, -0.2) is 0 Å². The van der Waals surface area contributed by atoms with Gasteiger partial charge in [0.05, 0.1) is 13.2 Å². The summed E-state index contributed by atoms with van der Waals surface area (Å²) in [5, 5.41) is 0. The van der Waals surface area contributed by atoms with Gasteiger partial charge in [-0.3, -0.25) is 0 Å². The number of halogens is 1. The molecule has 0 saturated heterocycles. The highest BCUT2D eigenvalue weighted by molar-refractivity contribution is 9.38. The lowest BCUT2D eigenvalue weighted by Gasteiger charge is -2.11. The van der Waals surface area contributed by atoms with Gasteiger partial charge in [0, 0.05) is 15.5 Å². The molecule has 0 aromatic carbocycles. The Morgan fingerprint density at radius 1 is 0.273 bits per heavy atom. The molecule has 0 N–H and O–H groups in total. The van der Waals surface area contributed by atoms with E-state index in [-0.39, 0.29) is 0 Å². The van der Waals surface area contributed by atoms with Crippen molar-refractivity contribution in [1.29, 1.82) is 0 Å². The molecule has 0 aromatic heterocycles. The third-order valence-electron chi connectivity index (χ3n) is 9.38. The minimum absolute atomic E-state index is 0.842. The van der Waals surface area contributed by atoms with Crippen molar-refractivity contribution >= 4 is 22.6 Å². The van der Waals surface area contributed by atoms with Crippen LogP contribution < -0.4 is 0 Å². The summed E-state index contributed by atoms with van der Waals surface area (Å²) < 4.78 is 11.7. The van der Waals surface area contributed by atoms with Crippen molar-refractivity contribution in [2.75, 3.05) is 13.2 Å². The summed E-state index contributed by atoms with van der Waals surface area (Å²) in [4.78, 5) is 0. The lowest BCUT2D eigenvalue weighted by atomic mass is 10.0. The lowest BCUT2D eigenvalue weighted by molar-refractivity contribution is 0.252. The molecule has 2 nitrogen and oxygen atoms in total. The molecule has 0 aromatic rings. The van der Waals surface area contributed by atoms with Gasteiger partial charge in [0.15, 0.2) is 0 Å². The second-order valence-electron chi connectivity index (χ2n) is 13.9. The number of hydrogen-bond acceptors (Lipinski definition) is 2. The SMILES string of the molecule is CCCCCCCCCCCCCCCCCCCCOP(Br)OCCCCCCCCCCCCCCCCCCCC. The number of unbranched alkanes of at least 4 members (excludes halogenated alkanes) is 34. The van der Waals surface area contributed by atoms with Gasteiger partial charge in [0.2, 0.25) is 7.08 Å². The maximum atomic E-state index is 5.87. The van der Waals surface area contributed by atoms with Crippen molar-refractivity contribution in [3.63, 3.8) is 0 Å². The van der Waals surface area contributed by atoms with Crippen LogP contribution in [0.2, 0.25) is 0 Å². The minimum Gasteiger partial charge on any atom is -0.326 e. The Morgan fingerprint density at radius 3 is 0.614 bits per heavy atom. The largest absolute Gasteiger partial charge is 0.326 e. The summed E-state index contributed by atoms with van der Waals surface area (Å²) in [7, 11) is -0.859. The van der Waals surface area contributed by atoms with E-state index in [4.69, 9.17) is 9.05 Å². The van der Waals surface area contributed by atoms with Gasteiger partial charge >= 0.3 is 0 Å². The molecule has 0 aliphatic heterocycles. The van der Waals surface area contributed by atoms with Crippen molar-refractivity contribution in [1.82, 2.24) is 0 Å². The van der Waals surface area contributed by atoms with Gasteiger partial charge in [0.25, 0.3) is 0 Å². The Morgan fingerprint density at radius 2 is 0.432 bits per heavy atom. The molecule has 0 spiro atoms. The molecule has 0 aliphatic carbocycles. The van der Waals surface area contributed by atoms with E-state index in [9.17, 15) is 0 Å². The van der Waals surface area contributed by atoms with Crippen molar-refractivity contribution in [2.24, 2.45) is 0 Å². The minimum atomic E-state index is -0.859. The van der Waals surface area contributed by atoms with Crippen molar-refractivity contribution in [3.8, 4) is 0 Å². The molecule has 266 valence electrons. The first kappa shape index (κ1) is 44.8. The molecular weight excluding hydrogens is 623 g/mol. The Balaban J connectivity index is 3.13. The first-order valence-electron chi connectivity index (χ1n) is 20.5. The maximum absolute atomic E-state index is 5.87. The number of hydrogen-bond donors (Lipinski definition) is 0. The molecule has 0 fully saturated rings. The highest BCUT2D eigenvalue weighted by Gasteiger charge is 2.05. The summed E-state index contributed by atoms with van der Waals surface area (Å²) >= 11 is 3.60. The molecule has 0 aliphatic rings. The second kappa shape index (κ2) is 41.9. The smallest absolute Gasteiger partial charge is 0.246 e. The Kier molecular flexibility index (Phi) is 42.6. The van der Waals surface area contributed by atoms with Crippen LogP contribution in [0.3, 0.4) is 0 Å². The summed E-state index contributed by atoms with van der Waals surface area (Å²) in [6, 6.07) is 0. The van der Waals surface area contributed by atoms with Crippen LogP contribution in [-0.4, -0.2) is 13.2 Å². The van der Waals surface area contributed by atoms with Crippen molar-refractivity contribution in [2.45, 2.75) is 245 Å². The average Bonchev–Trinajstić information content (AvgIpc) is 3.03. The van der Waals surface area contributed by atoms with Gasteiger partial charge < -0.3 is 9.05 Å². The third-order valence-corrected chi connectivity index (χ3v) is 11.4. The zero-order valence-electron chi connectivity index (χ0n) is 30.5. The summed E-state index contributed by atoms with van der Waals surface area (Å²) in [6.07, 6.45) is 51.1. The summed E-state index contributed by atoms with van der Waals surface area (Å²) in [6.45, 7) is 6.29. The maximum Gasteiger partial charge on any atom is 0.246 e. The molecule has 0 bridgehead atoms. The fourth-order valence-electron chi connectivity index (χ4n) is 6.32. The molecule has 0 amide bonds. The molecule has 0 rings (SSSR count). The van der Waals surface area contributed by atoms with Crippen LogP contribution >= 0.6 is 22.6 Å². The van der Waals surface area contributed by atoms with Gasteiger partial charge in [-0.1, -0.05) is 232 Å². The van der Waals surface area contributed by atoms with Gasteiger partial charge in [-0.05, 0) is 12.8 Å². The van der Waals surface area contributed by atoms with Gasteiger partial charge in [-0.2, -0.15) is 0 Å². The molecule has 0 atom stereocenters. The first-order valence-corrected chi connectivity index (χ1v) is 23.7. The Labute approximate surface area is 288 Å². The van der Waals surface area contributed by atoms with Crippen molar-refractivity contribution < 1.29 is 9.05 Å². The standard InChI is InChI=1S/C40H82BrO2P/c1-3-5-7-9-11-13-15-17-19-21-23-25-27-29-31-33-35-37-39-42-44(41)43-40-38-36-34-32-30-28-26-24-22-20-18-16-14-12-10-8-6-4-2/h3-40H2,1-2H3. The molecule has 0 heterocycles. The summed E-state index contributed by atoms with van der Waals surface area (Å²) in [5.41, 5.74) is 0. The molecule has 0 radical (unpaired) electrons. The predicted octanol–water partition coefficient (Wildman–Crippen LogP) is 16.7. The van der Waals surface area contributed by atoms with Crippen molar-refractivity contribution in [3.05, 3.63) is 0 Å². The topological polar surface area (TPSA) is 18.5 Å². The molecular formula is C40H82BrO2P. The predicted molar refractivity (Wildman–Crippen MR) is 205 cm³/mol. The van der Waals surface area contributed by atoms with E-state index in [0.29, 0.717) is 0 Å². The van der Waals surface area contributed by atoms with Crippen LogP contribution in [0.5, 0.6) is 0 Å². The second-order valence-corrected chi connectivity index (χ2v) is 16.6. The van der Waals surface area contributed by atoms with E-state index in [2.05, 4.69) is 29.3 Å². The normalized spacial score (nSPS) is 11.7. The Hall–Kier alpha value is 0.830.